The zero-order valence-electron chi connectivity index (χ0n) is 8.52. The summed E-state index contributed by atoms with van der Waals surface area (Å²) >= 11 is 6.30. The highest BCUT2D eigenvalue weighted by Crippen LogP contribution is 2.49. The molecular weight excluding hydrogens is 214 g/mol. The summed E-state index contributed by atoms with van der Waals surface area (Å²) in [5.41, 5.74) is 3.30. The van der Waals surface area contributed by atoms with Crippen LogP contribution in [0.4, 0.5) is 5.69 Å². The Morgan fingerprint density at radius 1 is 1.07 bits per heavy atom. The monoisotopic (exact) mass is 225 g/mol. The molecule has 0 bridgehead atoms. The van der Waals surface area contributed by atoms with Gasteiger partial charge in [-0.2, -0.15) is 0 Å². The molecule has 0 atom stereocenters. The highest BCUT2D eigenvalue weighted by Gasteiger charge is 2.30. The van der Waals surface area contributed by atoms with Crippen molar-refractivity contribution in [2.24, 2.45) is 0 Å². The Bertz CT molecular complexity index is 396. The summed E-state index contributed by atoms with van der Waals surface area (Å²) in [6.07, 6.45) is 1.78. The average molecular weight is 226 g/mol. The third-order valence-corrected chi connectivity index (χ3v) is 3.39. The number of hydrogen-bond donors (Lipinski definition) is 1. The van der Waals surface area contributed by atoms with Crippen LogP contribution in [0.3, 0.4) is 0 Å². The SMILES string of the molecule is CNc1c2c(c(Cl)c3c1OCC3)OCC2. The number of ether oxygens (including phenoxy) is 2. The molecule has 0 saturated carbocycles. The third-order valence-electron chi connectivity index (χ3n) is 2.99. The van der Waals surface area contributed by atoms with Crippen molar-refractivity contribution in [3.8, 4) is 11.5 Å². The molecular formula is C11H12ClNO2. The second-order valence-electron chi connectivity index (χ2n) is 3.75. The molecule has 0 fully saturated rings. The maximum absolute atomic E-state index is 6.30. The zero-order valence-corrected chi connectivity index (χ0v) is 9.28. The van der Waals surface area contributed by atoms with Crippen molar-refractivity contribution in [3.63, 3.8) is 0 Å². The van der Waals surface area contributed by atoms with E-state index in [-0.39, 0.29) is 0 Å². The number of nitrogens with one attached hydrogen (secondary N) is 1. The molecule has 0 radical (unpaired) electrons. The maximum Gasteiger partial charge on any atom is 0.147 e. The van der Waals surface area contributed by atoms with Crippen LogP contribution in [0.25, 0.3) is 0 Å². The number of rotatable bonds is 1. The largest absolute Gasteiger partial charge is 0.491 e. The van der Waals surface area contributed by atoms with E-state index in [9.17, 15) is 0 Å². The van der Waals surface area contributed by atoms with E-state index in [2.05, 4.69) is 5.32 Å². The van der Waals surface area contributed by atoms with Gasteiger partial charge in [0.15, 0.2) is 0 Å². The number of fused-ring (bicyclic) bond motifs is 2. The Morgan fingerprint density at radius 2 is 1.73 bits per heavy atom. The summed E-state index contributed by atoms with van der Waals surface area (Å²) in [7, 11) is 1.91. The Hall–Kier alpha value is -1.09. The van der Waals surface area contributed by atoms with Crippen LogP contribution in [0.1, 0.15) is 11.1 Å². The normalized spacial score (nSPS) is 16.7. The van der Waals surface area contributed by atoms with E-state index in [1.165, 1.54) is 0 Å². The first-order valence-electron chi connectivity index (χ1n) is 5.13. The lowest BCUT2D eigenvalue weighted by Crippen LogP contribution is -1.97. The van der Waals surface area contributed by atoms with Crippen LogP contribution >= 0.6 is 11.6 Å². The topological polar surface area (TPSA) is 30.5 Å². The first-order chi connectivity index (χ1) is 7.33. The Kier molecular flexibility index (Phi) is 1.96. The molecule has 15 heavy (non-hydrogen) atoms. The number of anilines is 1. The standard InChI is InChI=1S/C11H12ClNO2/c1-13-9-7-3-5-14-10(7)8(12)6-2-4-15-11(6)9/h13H,2-5H2,1H3. The second-order valence-corrected chi connectivity index (χ2v) is 4.13. The molecule has 80 valence electrons. The summed E-state index contributed by atoms with van der Waals surface area (Å²) in [4.78, 5) is 0. The molecule has 0 saturated heterocycles. The molecule has 1 N–H and O–H groups in total. The van der Waals surface area contributed by atoms with Crippen molar-refractivity contribution in [2.45, 2.75) is 12.8 Å². The zero-order chi connectivity index (χ0) is 10.4. The van der Waals surface area contributed by atoms with Gasteiger partial charge >= 0.3 is 0 Å². The van der Waals surface area contributed by atoms with E-state index >= 15 is 0 Å². The smallest absolute Gasteiger partial charge is 0.147 e. The fraction of sp³-hybridized carbons (Fsp3) is 0.455. The predicted molar refractivity (Wildman–Crippen MR) is 59.4 cm³/mol. The molecule has 2 heterocycles. The molecule has 4 heteroatoms. The van der Waals surface area contributed by atoms with Crippen LogP contribution in [0.2, 0.25) is 5.02 Å². The fourth-order valence-corrected chi connectivity index (χ4v) is 2.67. The van der Waals surface area contributed by atoms with E-state index in [0.29, 0.717) is 13.2 Å². The summed E-state index contributed by atoms with van der Waals surface area (Å²) < 4.78 is 11.2. The minimum atomic E-state index is 0.715. The molecule has 0 aromatic heterocycles. The summed E-state index contributed by atoms with van der Waals surface area (Å²) in [6, 6.07) is 0. The Morgan fingerprint density at radius 3 is 2.47 bits per heavy atom. The quantitative estimate of drug-likeness (QED) is 0.795. The number of halogens is 1. The molecule has 0 spiro atoms. The van der Waals surface area contributed by atoms with Crippen molar-refractivity contribution in [1.82, 2.24) is 0 Å². The van der Waals surface area contributed by atoms with Crippen LogP contribution in [-0.2, 0) is 12.8 Å². The summed E-state index contributed by atoms with van der Waals surface area (Å²) in [5.74, 6) is 1.78. The molecule has 0 aliphatic carbocycles. The van der Waals surface area contributed by atoms with Gasteiger partial charge in [0.05, 0.1) is 23.9 Å². The van der Waals surface area contributed by atoms with Crippen molar-refractivity contribution in [2.75, 3.05) is 25.6 Å². The van der Waals surface area contributed by atoms with Gasteiger partial charge in [-0.3, -0.25) is 0 Å². The minimum Gasteiger partial charge on any atom is -0.491 e. The van der Waals surface area contributed by atoms with Crippen molar-refractivity contribution in [3.05, 3.63) is 16.1 Å². The van der Waals surface area contributed by atoms with Gasteiger partial charge in [0.25, 0.3) is 0 Å². The summed E-state index contributed by atoms with van der Waals surface area (Å²) in [5, 5.41) is 3.94. The lowest BCUT2D eigenvalue weighted by atomic mass is 10.0. The third kappa shape index (κ3) is 1.13. The van der Waals surface area contributed by atoms with Crippen molar-refractivity contribution < 1.29 is 9.47 Å². The van der Waals surface area contributed by atoms with Gasteiger partial charge in [0, 0.05) is 31.0 Å². The van der Waals surface area contributed by atoms with Gasteiger partial charge in [-0.1, -0.05) is 11.6 Å². The van der Waals surface area contributed by atoms with E-state index < -0.39 is 0 Å². The highest BCUT2D eigenvalue weighted by molar-refractivity contribution is 6.33. The molecule has 1 aromatic carbocycles. The van der Waals surface area contributed by atoms with Crippen LogP contribution in [0.15, 0.2) is 0 Å². The van der Waals surface area contributed by atoms with Crippen molar-refractivity contribution >= 4 is 17.3 Å². The van der Waals surface area contributed by atoms with Gasteiger partial charge in [-0.05, 0) is 0 Å². The first kappa shape index (κ1) is 9.16. The van der Waals surface area contributed by atoms with Crippen LogP contribution < -0.4 is 14.8 Å². The van der Waals surface area contributed by atoms with Gasteiger partial charge in [0.2, 0.25) is 0 Å². The molecule has 1 aromatic rings. The molecule has 0 amide bonds. The van der Waals surface area contributed by atoms with E-state index in [4.69, 9.17) is 21.1 Å². The molecule has 2 aliphatic heterocycles. The molecule has 3 nitrogen and oxygen atoms in total. The van der Waals surface area contributed by atoms with Crippen LogP contribution in [0, 0.1) is 0 Å². The minimum absolute atomic E-state index is 0.715. The van der Waals surface area contributed by atoms with E-state index in [1.807, 2.05) is 7.05 Å². The Labute approximate surface area is 93.3 Å². The second kappa shape index (κ2) is 3.20. The van der Waals surface area contributed by atoms with Gasteiger partial charge in [0.1, 0.15) is 11.5 Å². The van der Waals surface area contributed by atoms with Gasteiger partial charge in [-0.25, -0.2) is 0 Å². The fourth-order valence-electron chi connectivity index (χ4n) is 2.32. The van der Waals surface area contributed by atoms with E-state index in [0.717, 1.165) is 46.2 Å². The number of benzene rings is 1. The van der Waals surface area contributed by atoms with E-state index in [1.54, 1.807) is 0 Å². The first-order valence-corrected chi connectivity index (χ1v) is 5.51. The van der Waals surface area contributed by atoms with Gasteiger partial charge in [-0.15, -0.1) is 0 Å². The highest BCUT2D eigenvalue weighted by atomic mass is 35.5. The summed E-state index contributed by atoms with van der Waals surface area (Å²) in [6.45, 7) is 1.43. The maximum atomic E-state index is 6.30. The van der Waals surface area contributed by atoms with Crippen molar-refractivity contribution in [1.29, 1.82) is 0 Å². The van der Waals surface area contributed by atoms with Crippen LogP contribution in [0.5, 0.6) is 11.5 Å². The average Bonchev–Trinajstić information content (AvgIpc) is 2.85. The molecule has 3 rings (SSSR count). The Balaban J connectivity index is 2.31. The van der Waals surface area contributed by atoms with Crippen LogP contribution in [-0.4, -0.2) is 20.3 Å². The molecule has 0 unspecified atom stereocenters. The van der Waals surface area contributed by atoms with Gasteiger partial charge < -0.3 is 14.8 Å². The lowest BCUT2D eigenvalue weighted by Gasteiger charge is -2.13. The molecule has 2 aliphatic rings. The number of hydrogen-bond acceptors (Lipinski definition) is 3. The lowest BCUT2D eigenvalue weighted by molar-refractivity contribution is 0.356. The predicted octanol–water partition coefficient (Wildman–Crippen LogP) is 2.25.